The maximum absolute atomic E-state index is 12.9. The Morgan fingerprint density at radius 3 is 2.50 bits per heavy atom. The SMILES string of the molecule is CC(C)c1ccc(N2CCN(CC(=O)N3CCC(c4cccs4)S(=O)(=O)CC3)C2=O)cc1. The molecule has 0 spiro atoms. The quantitative estimate of drug-likeness (QED) is 0.663. The van der Waals surface area contributed by atoms with Crippen molar-refractivity contribution in [1.82, 2.24) is 9.80 Å². The molecule has 0 aliphatic carbocycles. The van der Waals surface area contributed by atoms with Crippen LogP contribution in [-0.2, 0) is 14.6 Å². The first-order valence-electron chi connectivity index (χ1n) is 11.0. The number of benzene rings is 1. The summed E-state index contributed by atoms with van der Waals surface area (Å²) < 4.78 is 25.5. The molecule has 2 fully saturated rings. The summed E-state index contributed by atoms with van der Waals surface area (Å²) in [5.74, 6) is 0.172. The molecule has 2 aliphatic rings. The molecular weight excluding hydrogens is 446 g/mol. The van der Waals surface area contributed by atoms with E-state index in [2.05, 4.69) is 13.8 Å². The van der Waals surface area contributed by atoms with E-state index in [4.69, 9.17) is 0 Å². The summed E-state index contributed by atoms with van der Waals surface area (Å²) in [5.41, 5.74) is 2.04. The number of carbonyl (C=O) groups excluding carboxylic acids is 2. The number of anilines is 1. The highest BCUT2D eigenvalue weighted by atomic mass is 32.2. The molecule has 0 bridgehead atoms. The lowest BCUT2D eigenvalue weighted by atomic mass is 10.0. The molecule has 0 N–H and O–H groups in total. The van der Waals surface area contributed by atoms with E-state index < -0.39 is 15.1 Å². The zero-order valence-electron chi connectivity index (χ0n) is 18.4. The molecule has 1 unspecified atom stereocenters. The molecule has 1 aromatic heterocycles. The van der Waals surface area contributed by atoms with Crippen LogP contribution in [0.25, 0.3) is 0 Å². The van der Waals surface area contributed by atoms with E-state index in [1.807, 2.05) is 41.8 Å². The lowest BCUT2D eigenvalue weighted by Crippen LogP contribution is -2.43. The molecule has 1 aromatic carbocycles. The molecule has 0 radical (unpaired) electrons. The minimum Gasteiger partial charge on any atom is -0.340 e. The van der Waals surface area contributed by atoms with Gasteiger partial charge in [-0.1, -0.05) is 32.0 Å². The van der Waals surface area contributed by atoms with Gasteiger partial charge in [-0.05, 0) is 41.5 Å². The van der Waals surface area contributed by atoms with Crippen molar-refractivity contribution in [2.75, 3.05) is 43.4 Å². The Kier molecular flexibility index (Phi) is 6.57. The van der Waals surface area contributed by atoms with Crippen LogP contribution in [0.3, 0.4) is 0 Å². The molecule has 2 saturated heterocycles. The second-order valence-electron chi connectivity index (χ2n) is 8.64. The van der Waals surface area contributed by atoms with Gasteiger partial charge in [-0.25, -0.2) is 13.2 Å². The van der Waals surface area contributed by atoms with E-state index in [0.29, 0.717) is 32.0 Å². The summed E-state index contributed by atoms with van der Waals surface area (Å²) in [6.45, 7) is 5.78. The first kappa shape index (κ1) is 22.8. The van der Waals surface area contributed by atoms with Crippen molar-refractivity contribution in [3.63, 3.8) is 0 Å². The number of nitrogens with zero attached hydrogens (tertiary/aromatic N) is 3. The summed E-state index contributed by atoms with van der Waals surface area (Å²) in [4.78, 5) is 31.5. The number of hydrogen-bond donors (Lipinski definition) is 0. The fourth-order valence-corrected chi connectivity index (χ4v) is 7.26. The van der Waals surface area contributed by atoms with E-state index in [-0.39, 0.29) is 30.8 Å². The predicted molar refractivity (Wildman–Crippen MR) is 127 cm³/mol. The summed E-state index contributed by atoms with van der Waals surface area (Å²) in [6, 6.07) is 11.5. The number of amides is 3. The Bertz CT molecular complexity index is 1070. The highest BCUT2D eigenvalue weighted by Crippen LogP contribution is 2.32. The van der Waals surface area contributed by atoms with Crippen LogP contribution in [0.5, 0.6) is 0 Å². The maximum atomic E-state index is 12.9. The van der Waals surface area contributed by atoms with Crippen molar-refractivity contribution < 1.29 is 18.0 Å². The lowest BCUT2D eigenvalue weighted by molar-refractivity contribution is -0.131. The number of hydrogen-bond acceptors (Lipinski definition) is 5. The number of thiophene rings is 1. The van der Waals surface area contributed by atoms with Crippen LogP contribution in [-0.4, -0.2) is 68.6 Å². The van der Waals surface area contributed by atoms with Gasteiger partial charge in [0.25, 0.3) is 0 Å². The highest BCUT2D eigenvalue weighted by molar-refractivity contribution is 7.91. The average molecular weight is 476 g/mol. The fraction of sp³-hybridized carbons (Fsp3) is 0.478. The third-order valence-corrected chi connectivity index (χ3v) is 9.49. The number of carbonyl (C=O) groups is 2. The van der Waals surface area contributed by atoms with Gasteiger partial charge in [0, 0.05) is 36.7 Å². The van der Waals surface area contributed by atoms with Crippen molar-refractivity contribution >= 4 is 38.8 Å². The van der Waals surface area contributed by atoms with Gasteiger partial charge in [0.2, 0.25) is 5.91 Å². The standard InChI is InChI=1S/C23H29N3O4S2/c1-17(2)18-5-7-19(8-6-18)26-12-11-25(23(26)28)16-22(27)24-10-9-21(20-4-3-14-31-20)32(29,30)15-13-24/h3-8,14,17,21H,9-13,15-16H2,1-2H3. The zero-order valence-corrected chi connectivity index (χ0v) is 20.1. The van der Waals surface area contributed by atoms with Crippen LogP contribution in [0.15, 0.2) is 41.8 Å². The highest BCUT2D eigenvalue weighted by Gasteiger charge is 2.35. The van der Waals surface area contributed by atoms with Gasteiger partial charge in [0.15, 0.2) is 9.84 Å². The molecular formula is C23H29N3O4S2. The molecule has 0 saturated carbocycles. The molecule has 3 heterocycles. The first-order chi connectivity index (χ1) is 15.3. The summed E-state index contributed by atoms with van der Waals surface area (Å²) in [6.07, 6.45) is 0.386. The van der Waals surface area contributed by atoms with Crippen LogP contribution in [0.2, 0.25) is 0 Å². The van der Waals surface area contributed by atoms with Crippen molar-refractivity contribution in [2.24, 2.45) is 0 Å². The van der Waals surface area contributed by atoms with Crippen LogP contribution >= 0.6 is 11.3 Å². The summed E-state index contributed by atoms with van der Waals surface area (Å²) in [7, 11) is -3.31. The van der Waals surface area contributed by atoms with E-state index >= 15 is 0 Å². The Morgan fingerprint density at radius 1 is 1.09 bits per heavy atom. The van der Waals surface area contributed by atoms with Gasteiger partial charge in [-0.2, -0.15) is 0 Å². The van der Waals surface area contributed by atoms with E-state index in [1.165, 1.54) is 16.9 Å². The van der Waals surface area contributed by atoms with Gasteiger partial charge in [-0.3, -0.25) is 9.69 Å². The van der Waals surface area contributed by atoms with Gasteiger partial charge >= 0.3 is 6.03 Å². The van der Waals surface area contributed by atoms with Gasteiger partial charge in [0.1, 0.15) is 6.54 Å². The lowest BCUT2D eigenvalue weighted by Gasteiger charge is -2.24. The minimum absolute atomic E-state index is 0.0247. The van der Waals surface area contributed by atoms with Crippen LogP contribution in [0.1, 0.15) is 41.9 Å². The Hall–Kier alpha value is -2.39. The van der Waals surface area contributed by atoms with Crippen LogP contribution < -0.4 is 4.90 Å². The monoisotopic (exact) mass is 475 g/mol. The minimum atomic E-state index is -3.31. The molecule has 2 aliphatic heterocycles. The average Bonchev–Trinajstić information content (AvgIpc) is 3.37. The topological polar surface area (TPSA) is 78.0 Å². The number of urea groups is 1. The molecule has 1 atom stereocenters. The van der Waals surface area contributed by atoms with Crippen molar-refractivity contribution in [3.05, 3.63) is 52.2 Å². The van der Waals surface area contributed by atoms with E-state index in [9.17, 15) is 18.0 Å². The molecule has 7 nitrogen and oxygen atoms in total. The largest absolute Gasteiger partial charge is 0.340 e. The van der Waals surface area contributed by atoms with E-state index in [0.717, 1.165) is 10.6 Å². The van der Waals surface area contributed by atoms with E-state index in [1.54, 1.807) is 14.7 Å². The maximum Gasteiger partial charge on any atom is 0.325 e. The molecule has 2 aromatic rings. The molecule has 9 heteroatoms. The second kappa shape index (κ2) is 9.23. The van der Waals surface area contributed by atoms with Gasteiger partial charge in [0.05, 0.1) is 11.0 Å². The van der Waals surface area contributed by atoms with Gasteiger partial charge in [-0.15, -0.1) is 11.3 Å². The van der Waals surface area contributed by atoms with Crippen molar-refractivity contribution in [3.8, 4) is 0 Å². The fourth-order valence-electron chi connectivity index (χ4n) is 4.26. The summed E-state index contributed by atoms with van der Waals surface area (Å²) in [5, 5.41) is 1.32. The van der Waals surface area contributed by atoms with Crippen molar-refractivity contribution in [1.29, 1.82) is 0 Å². The summed E-state index contributed by atoms with van der Waals surface area (Å²) >= 11 is 1.44. The molecule has 172 valence electrons. The number of sulfone groups is 1. The Morgan fingerprint density at radius 2 is 1.84 bits per heavy atom. The molecule has 4 rings (SSSR count). The zero-order chi connectivity index (χ0) is 22.9. The third kappa shape index (κ3) is 4.68. The normalized spacial score (nSPS) is 21.3. The smallest absolute Gasteiger partial charge is 0.325 e. The predicted octanol–water partition coefficient (Wildman–Crippen LogP) is 3.50. The number of rotatable bonds is 5. The second-order valence-corrected chi connectivity index (χ2v) is 11.9. The molecule has 3 amide bonds. The van der Waals surface area contributed by atoms with Crippen LogP contribution in [0, 0.1) is 0 Å². The van der Waals surface area contributed by atoms with Gasteiger partial charge < -0.3 is 9.80 Å². The van der Waals surface area contributed by atoms with Crippen LogP contribution in [0.4, 0.5) is 10.5 Å². The Balaban J connectivity index is 1.38. The molecule has 32 heavy (non-hydrogen) atoms. The Labute approximate surface area is 193 Å². The first-order valence-corrected chi connectivity index (χ1v) is 13.5. The third-order valence-electron chi connectivity index (χ3n) is 6.25. The van der Waals surface area contributed by atoms with Crippen molar-refractivity contribution in [2.45, 2.75) is 31.4 Å².